The lowest BCUT2D eigenvalue weighted by Gasteiger charge is -2.21. The van der Waals surface area contributed by atoms with Crippen molar-refractivity contribution in [3.05, 3.63) is 65.6 Å². The summed E-state index contributed by atoms with van der Waals surface area (Å²) in [6.45, 7) is 3.34. The van der Waals surface area contributed by atoms with Gasteiger partial charge in [0.1, 0.15) is 0 Å². The highest BCUT2D eigenvalue weighted by molar-refractivity contribution is 6.45. The van der Waals surface area contributed by atoms with E-state index in [1.165, 1.54) is 42.7 Å². The highest BCUT2D eigenvalue weighted by Crippen LogP contribution is 2.52. The quantitative estimate of drug-likeness (QED) is 0.213. The Morgan fingerprint density at radius 3 is 0.875 bits per heavy atom. The average Bonchev–Trinajstić information content (AvgIpc) is 2.93. The zero-order valence-corrected chi connectivity index (χ0v) is 26.0. The SMILES string of the molecule is COc1c(Cl)c(C(=O)c2c(C)ccc(C)c2C(=O)c2c(Cl)c(OC)c(OC)c(OC)c2Cl)c(Cl)c(OC)c1OC. The second kappa shape index (κ2) is 12.6. The molecular weight excluding hydrogens is 606 g/mol. The molecule has 0 aliphatic carbocycles. The fourth-order valence-corrected chi connectivity index (χ4v) is 5.87. The maximum absolute atomic E-state index is 14.3. The summed E-state index contributed by atoms with van der Waals surface area (Å²) in [6.07, 6.45) is 0. The van der Waals surface area contributed by atoms with Gasteiger partial charge in [-0.3, -0.25) is 9.59 Å². The minimum atomic E-state index is -0.668. The number of ketones is 2. The van der Waals surface area contributed by atoms with Crippen molar-refractivity contribution in [3.8, 4) is 34.5 Å². The maximum atomic E-state index is 14.3. The molecule has 214 valence electrons. The Bertz CT molecular complexity index is 1340. The summed E-state index contributed by atoms with van der Waals surface area (Å²) in [4.78, 5) is 28.5. The molecule has 0 heterocycles. The third kappa shape index (κ3) is 4.98. The Labute approximate surface area is 251 Å². The summed E-state index contributed by atoms with van der Waals surface area (Å²) < 4.78 is 32.4. The topological polar surface area (TPSA) is 89.5 Å². The van der Waals surface area contributed by atoms with Crippen molar-refractivity contribution < 1.29 is 38.0 Å². The fourth-order valence-electron chi connectivity index (χ4n) is 4.40. The number of carbonyl (C=O) groups excluding carboxylic acids is 2. The lowest BCUT2D eigenvalue weighted by molar-refractivity contribution is 0.100. The van der Waals surface area contributed by atoms with Crippen molar-refractivity contribution in [3.63, 3.8) is 0 Å². The molecule has 0 aliphatic heterocycles. The molecule has 0 spiro atoms. The molecule has 12 heteroatoms. The first-order valence-electron chi connectivity index (χ1n) is 11.5. The van der Waals surface area contributed by atoms with E-state index < -0.39 is 11.6 Å². The van der Waals surface area contributed by atoms with E-state index in [1.54, 1.807) is 26.0 Å². The molecule has 0 saturated heterocycles. The van der Waals surface area contributed by atoms with Gasteiger partial charge >= 0.3 is 0 Å². The molecule has 0 aliphatic rings. The first kappa shape index (κ1) is 31.5. The molecule has 0 unspecified atom stereocenters. The normalized spacial score (nSPS) is 10.7. The van der Waals surface area contributed by atoms with Crippen LogP contribution in [0.25, 0.3) is 0 Å². The number of hydrogen-bond acceptors (Lipinski definition) is 8. The van der Waals surface area contributed by atoms with Crippen molar-refractivity contribution in [1.29, 1.82) is 0 Å². The largest absolute Gasteiger partial charge is 0.491 e. The summed E-state index contributed by atoms with van der Waals surface area (Å²) >= 11 is 26.5. The van der Waals surface area contributed by atoms with Gasteiger partial charge in [0.05, 0.1) is 73.9 Å². The van der Waals surface area contributed by atoms with Gasteiger partial charge in [-0.15, -0.1) is 0 Å². The lowest BCUT2D eigenvalue weighted by atomic mass is 9.86. The van der Waals surface area contributed by atoms with Crippen molar-refractivity contribution in [1.82, 2.24) is 0 Å². The smallest absolute Gasteiger partial charge is 0.206 e. The molecule has 40 heavy (non-hydrogen) atoms. The molecule has 0 bridgehead atoms. The first-order chi connectivity index (χ1) is 19.0. The van der Waals surface area contributed by atoms with Gasteiger partial charge in [-0.1, -0.05) is 58.5 Å². The van der Waals surface area contributed by atoms with Crippen LogP contribution in [-0.4, -0.2) is 54.2 Å². The number of rotatable bonds is 10. The third-order valence-electron chi connectivity index (χ3n) is 6.26. The molecule has 0 radical (unpaired) electrons. The van der Waals surface area contributed by atoms with Crippen molar-refractivity contribution in [2.75, 3.05) is 42.7 Å². The van der Waals surface area contributed by atoms with Gasteiger partial charge in [0.25, 0.3) is 0 Å². The standard InChI is InChI=1S/C28H26Cl4O8/c1-11-9-10-12(2)14(22(34)16-19(31)25(37-5)28(40-8)26(38-6)20(16)32)13(11)21(33)15-17(29)23(35-3)27(39-7)24(36-4)18(15)30/h9-10H,1-8H3. The van der Waals surface area contributed by atoms with Gasteiger partial charge in [0, 0.05) is 11.1 Å². The molecule has 3 aromatic carbocycles. The van der Waals surface area contributed by atoms with Crippen molar-refractivity contribution in [2.45, 2.75) is 13.8 Å². The Hall–Kier alpha value is -3.04. The van der Waals surface area contributed by atoms with Crippen LogP contribution < -0.4 is 28.4 Å². The number of benzene rings is 3. The van der Waals surface area contributed by atoms with E-state index in [0.717, 1.165) is 0 Å². The highest BCUT2D eigenvalue weighted by Gasteiger charge is 2.35. The third-order valence-corrected chi connectivity index (χ3v) is 7.70. The Kier molecular flexibility index (Phi) is 9.95. The number of halogens is 4. The van der Waals surface area contributed by atoms with E-state index in [4.69, 9.17) is 74.8 Å². The first-order valence-corrected chi connectivity index (χ1v) is 13.0. The van der Waals surface area contributed by atoms with Crippen LogP contribution >= 0.6 is 46.4 Å². The lowest BCUT2D eigenvalue weighted by Crippen LogP contribution is -2.17. The molecule has 0 fully saturated rings. The van der Waals surface area contributed by atoms with Crippen LogP contribution in [0, 0.1) is 13.8 Å². The number of methoxy groups -OCH3 is 6. The van der Waals surface area contributed by atoms with Gasteiger partial charge in [-0.05, 0) is 25.0 Å². The molecule has 0 amide bonds. The van der Waals surface area contributed by atoms with E-state index in [1.807, 2.05) is 0 Å². The average molecular weight is 632 g/mol. The summed E-state index contributed by atoms with van der Waals surface area (Å²) in [5, 5.41) is -0.506. The Morgan fingerprint density at radius 1 is 0.450 bits per heavy atom. The van der Waals surface area contributed by atoms with Crippen LogP contribution in [-0.2, 0) is 0 Å². The van der Waals surface area contributed by atoms with E-state index in [0.29, 0.717) is 11.1 Å². The van der Waals surface area contributed by atoms with Gasteiger partial charge in [-0.2, -0.15) is 0 Å². The predicted octanol–water partition coefficient (Wildman–Crippen LogP) is 7.43. The molecule has 0 saturated carbocycles. The zero-order valence-electron chi connectivity index (χ0n) is 22.9. The summed E-state index contributed by atoms with van der Waals surface area (Å²) in [5.74, 6) is -1.01. The van der Waals surface area contributed by atoms with Crippen molar-refractivity contribution in [2.24, 2.45) is 0 Å². The van der Waals surface area contributed by atoms with Crippen LogP contribution in [0.3, 0.4) is 0 Å². The van der Waals surface area contributed by atoms with Crippen LogP contribution in [0.4, 0.5) is 0 Å². The molecular formula is C28H26Cl4O8. The van der Waals surface area contributed by atoms with E-state index in [2.05, 4.69) is 0 Å². The van der Waals surface area contributed by atoms with E-state index in [9.17, 15) is 9.59 Å². The minimum Gasteiger partial charge on any atom is -0.491 e. The summed E-state index contributed by atoms with van der Waals surface area (Å²) in [5.41, 5.74) is 0.650. The van der Waals surface area contributed by atoms with E-state index in [-0.39, 0.29) is 76.8 Å². The highest BCUT2D eigenvalue weighted by atomic mass is 35.5. The van der Waals surface area contributed by atoms with Gasteiger partial charge in [-0.25, -0.2) is 0 Å². The predicted molar refractivity (Wildman–Crippen MR) is 155 cm³/mol. The molecule has 3 rings (SSSR count). The van der Waals surface area contributed by atoms with Crippen LogP contribution in [0.2, 0.25) is 20.1 Å². The second-order valence-electron chi connectivity index (χ2n) is 8.31. The maximum Gasteiger partial charge on any atom is 0.206 e. The molecule has 0 aromatic heterocycles. The fraction of sp³-hybridized carbons (Fsp3) is 0.286. The minimum absolute atomic E-state index is 0.0176. The Morgan fingerprint density at radius 2 is 0.675 bits per heavy atom. The number of hydrogen-bond donors (Lipinski definition) is 0. The molecule has 8 nitrogen and oxygen atoms in total. The van der Waals surface area contributed by atoms with Gasteiger partial charge in [0.2, 0.25) is 11.5 Å². The number of aryl methyl sites for hydroxylation is 2. The molecule has 3 aromatic rings. The summed E-state index contributed by atoms with van der Waals surface area (Å²) in [7, 11) is 8.17. The molecule has 0 atom stereocenters. The van der Waals surface area contributed by atoms with Crippen LogP contribution in [0.5, 0.6) is 34.5 Å². The molecule has 0 N–H and O–H groups in total. The van der Waals surface area contributed by atoms with Gasteiger partial charge < -0.3 is 28.4 Å². The van der Waals surface area contributed by atoms with Gasteiger partial charge in [0.15, 0.2) is 34.6 Å². The Balaban J connectivity index is 2.42. The summed E-state index contributed by atoms with van der Waals surface area (Å²) in [6, 6.07) is 3.38. The zero-order chi connectivity index (χ0) is 30.0. The van der Waals surface area contributed by atoms with Crippen molar-refractivity contribution >= 4 is 58.0 Å². The monoisotopic (exact) mass is 630 g/mol. The van der Waals surface area contributed by atoms with E-state index >= 15 is 0 Å². The van der Waals surface area contributed by atoms with Crippen LogP contribution in [0.1, 0.15) is 43.0 Å². The number of ether oxygens (including phenoxy) is 6. The number of carbonyl (C=O) groups is 2. The van der Waals surface area contributed by atoms with Crippen LogP contribution in [0.15, 0.2) is 12.1 Å². The second-order valence-corrected chi connectivity index (χ2v) is 9.82.